The van der Waals surface area contributed by atoms with Gasteiger partial charge in [-0.25, -0.2) is 9.97 Å². The van der Waals surface area contributed by atoms with E-state index in [0.717, 1.165) is 43.7 Å². The maximum Gasteiger partial charge on any atom is 0.162 e. The van der Waals surface area contributed by atoms with E-state index in [2.05, 4.69) is 31.1 Å². The lowest BCUT2D eigenvalue weighted by Crippen LogP contribution is -2.30. The maximum atomic E-state index is 9.32. The van der Waals surface area contributed by atoms with Crippen LogP contribution in [0.4, 0.5) is 5.82 Å². The van der Waals surface area contributed by atoms with Crippen LogP contribution in [0.2, 0.25) is 0 Å². The summed E-state index contributed by atoms with van der Waals surface area (Å²) in [6.07, 6.45) is 9.37. The third-order valence-electron chi connectivity index (χ3n) is 5.01. The van der Waals surface area contributed by atoms with Crippen LogP contribution in [0.15, 0.2) is 42.9 Å². The first kappa shape index (κ1) is 19.7. The molecule has 8 heteroatoms. The van der Waals surface area contributed by atoms with E-state index in [1.165, 1.54) is 6.42 Å². The van der Waals surface area contributed by atoms with E-state index < -0.39 is 0 Å². The minimum Gasteiger partial charge on any atom is -0.455 e. The van der Waals surface area contributed by atoms with Crippen LogP contribution >= 0.6 is 0 Å². The third-order valence-corrected chi connectivity index (χ3v) is 5.01. The number of rotatable bonds is 6. The van der Waals surface area contributed by atoms with Gasteiger partial charge in [-0.2, -0.15) is 10.4 Å². The van der Waals surface area contributed by atoms with Crippen LogP contribution in [0.5, 0.6) is 11.5 Å². The summed E-state index contributed by atoms with van der Waals surface area (Å²) in [5.41, 5.74) is 7.76. The summed E-state index contributed by atoms with van der Waals surface area (Å²) < 4.78 is 6.14. The number of ether oxygens (including phenoxy) is 1. The zero-order chi connectivity index (χ0) is 20.8. The largest absolute Gasteiger partial charge is 0.455 e. The van der Waals surface area contributed by atoms with E-state index in [1.54, 1.807) is 36.8 Å². The lowest BCUT2D eigenvalue weighted by Gasteiger charge is -2.27. The Balaban J connectivity index is 1.64. The fourth-order valence-electron chi connectivity index (χ4n) is 3.45. The molecule has 0 amide bonds. The summed E-state index contributed by atoms with van der Waals surface area (Å²) in [4.78, 5) is 11.1. The second-order valence-corrected chi connectivity index (χ2v) is 7.18. The molecule has 0 atom stereocenters. The molecule has 0 spiro atoms. The molecule has 4 rings (SSSR count). The van der Waals surface area contributed by atoms with Gasteiger partial charge in [-0.3, -0.25) is 0 Å². The number of piperidine rings is 1. The molecule has 1 saturated heterocycles. The van der Waals surface area contributed by atoms with Crippen LogP contribution in [0.3, 0.4) is 0 Å². The van der Waals surface area contributed by atoms with Crippen LogP contribution in [0.25, 0.3) is 11.4 Å². The van der Waals surface area contributed by atoms with Crippen LogP contribution < -0.4 is 15.4 Å². The van der Waals surface area contributed by atoms with Gasteiger partial charge in [0.15, 0.2) is 17.4 Å². The molecule has 1 fully saturated rings. The molecule has 2 N–H and O–H groups in total. The van der Waals surface area contributed by atoms with E-state index in [9.17, 15) is 5.26 Å². The van der Waals surface area contributed by atoms with Crippen molar-refractivity contribution in [2.75, 3.05) is 24.5 Å². The van der Waals surface area contributed by atoms with Gasteiger partial charge >= 0.3 is 0 Å². The van der Waals surface area contributed by atoms with E-state index in [-0.39, 0.29) is 0 Å². The average Bonchev–Trinajstić information content (AvgIpc) is 2.81. The Hall–Kier alpha value is -3.57. The van der Waals surface area contributed by atoms with E-state index in [1.807, 2.05) is 6.07 Å². The average molecular weight is 401 g/mol. The third kappa shape index (κ3) is 4.53. The van der Waals surface area contributed by atoms with Gasteiger partial charge in [0, 0.05) is 31.5 Å². The fourth-order valence-corrected chi connectivity index (χ4v) is 3.45. The standard InChI is InChI=1S/C22H23N7O/c23-7-6-17-13-25-22(26-14-17)19-5-4-16(12-24)10-20(19)30-18-11-21(28-27-15-18)29-8-2-1-3-9-29/h4-5,10-11,13-15H,1-3,6-9,23H2. The molecule has 3 heterocycles. The van der Waals surface area contributed by atoms with E-state index >= 15 is 0 Å². The Labute approximate surface area is 175 Å². The van der Waals surface area contributed by atoms with Crippen molar-refractivity contribution >= 4 is 5.82 Å². The summed E-state index contributed by atoms with van der Waals surface area (Å²) >= 11 is 0. The number of nitrogens with zero attached hydrogens (tertiary/aromatic N) is 6. The van der Waals surface area contributed by atoms with Crippen molar-refractivity contribution in [3.63, 3.8) is 0 Å². The van der Waals surface area contributed by atoms with Gasteiger partial charge in [0.05, 0.1) is 23.4 Å². The number of aromatic nitrogens is 4. The molecule has 3 aromatic rings. The smallest absolute Gasteiger partial charge is 0.162 e. The number of hydrogen-bond acceptors (Lipinski definition) is 8. The van der Waals surface area contributed by atoms with Gasteiger partial charge in [0.25, 0.3) is 0 Å². The Bertz CT molecular complexity index is 1040. The fraction of sp³-hybridized carbons (Fsp3) is 0.318. The second kappa shape index (κ2) is 9.29. The SMILES string of the molecule is N#Cc1ccc(-c2ncc(CCN)cn2)c(Oc2cnnc(N3CCCCC3)c2)c1. The van der Waals surface area contributed by atoms with Gasteiger partial charge in [-0.05, 0) is 56.0 Å². The van der Waals surface area contributed by atoms with E-state index in [0.29, 0.717) is 35.0 Å². The van der Waals surface area contributed by atoms with E-state index in [4.69, 9.17) is 10.5 Å². The number of anilines is 1. The highest BCUT2D eigenvalue weighted by molar-refractivity contribution is 5.66. The first-order chi connectivity index (χ1) is 14.8. The summed E-state index contributed by atoms with van der Waals surface area (Å²) in [5.74, 6) is 2.38. The number of hydrogen-bond donors (Lipinski definition) is 1. The predicted molar refractivity (Wildman–Crippen MR) is 113 cm³/mol. The second-order valence-electron chi connectivity index (χ2n) is 7.18. The van der Waals surface area contributed by atoms with Crippen molar-refractivity contribution in [1.82, 2.24) is 20.2 Å². The van der Waals surface area contributed by atoms with Crippen molar-refractivity contribution in [2.24, 2.45) is 5.73 Å². The lowest BCUT2D eigenvalue weighted by atomic mass is 10.1. The minimum absolute atomic E-state index is 0.492. The molecule has 30 heavy (non-hydrogen) atoms. The normalized spacial score (nSPS) is 13.7. The molecule has 0 saturated carbocycles. The molecule has 0 radical (unpaired) electrons. The van der Waals surface area contributed by atoms with Crippen molar-refractivity contribution < 1.29 is 4.74 Å². The molecule has 2 aromatic heterocycles. The Morgan fingerprint density at radius 1 is 1.07 bits per heavy atom. The first-order valence-electron chi connectivity index (χ1n) is 10.1. The number of nitriles is 1. The van der Waals surface area contributed by atoms with Gasteiger partial charge in [-0.15, -0.1) is 5.10 Å². The quantitative estimate of drug-likeness (QED) is 0.670. The van der Waals surface area contributed by atoms with Crippen LogP contribution in [-0.4, -0.2) is 39.8 Å². The van der Waals surface area contributed by atoms with Gasteiger partial charge in [0.1, 0.15) is 5.75 Å². The highest BCUT2D eigenvalue weighted by Gasteiger charge is 2.16. The summed E-state index contributed by atoms with van der Waals surface area (Å²) in [7, 11) is 0. The minimum atomic E-state index is 0.492. The molecule has 0 aliphatic carbocycles. The number of nitrogens with two attached hydrogens (primary N) is 1. The molecule has 1 aromatic carbocycles. The molecule has 0 bridgehead atoms. The summed E-state index contributed by atoms with van der Waals surface area (Å²) in [5, 5.41) is 17.7. The highest BCUT2D eigenvalue weighted by Crippen LogP contribution is 2.33. The first-order valence-corrected chi connectivity index (χ1v) is 10.1. The molecule has 1 aliphatic rings. The van der Waals surface area contributed by atoms with Gasteiger partial charge < -0.3 is 15.4 Å². The van der Waals surface area contributed by atoms with Crippen molar-refractivity contribution in [1.29, 1.82) is 5.26 Å². The van der Waals surface area contributed by atoms with Crippen molar-refractivity contribution in [3.8, 4) is 29.0 Å². The van der Waals surface area contributed by atoms with Crippen LogP contribution in [0, 0.1) is 11.3 Å². The Kier molecular flexibility index (Phi) is 6.11. The number of benzene rings is 1. The molecule has 8 nitrogen and oxygen atoms in total. The molecular weight excluding hydrogens is 378 g/mol. The molecule has 0 unspecified atom stereocenters. The molecule has 152 valence electrons. The van der Waals surface area contributed by atoms with Crippen LogP contribution in [-0.2, 0) is 6.42 Å². The summed E-state index contributed by atoms with van der Waals surface area (Å²) in [6.45, 7) is 2.48. The van der Waals surface area contributed by atoms with Gasteiger partial charge in [-0.1, -0.05) is 0 Å². The lowest BCUT2D eigenvalue weighted by molar-refractivity contribution is 0.478. The zero-order valence-corrected chi connectivity index (χ0v) is 16.7. The monoisotopic (exact) mass is 401 g/mol. The molecular formula is C22H23N7O. The zero-order valence-electron chi connectivity index (χ0n) is 16.7. The topological polar surface area (TPSA) is 114 Å². The van der Waals surface area contributed by atoms with Gasteiger partial charge in [0.2, 0.25) is 0 Å². The Morgan fingerprint density at radius 2 is 1.87 bits per heavy atom. The van der Waals surface area contributed by atoms with Crippen LogP contribution in [0.1, 0.15) is 30.4 Å². The summed E-state index contributed by atoms with van der Waals surface area (Å²) in [6, 6.07) is 9.24. The highest BCUT2D eigenvalue weighted by atomic mass is 16.5. The molecule has 1 aliphatic heterocycles. The van der Waals surface area contributed by atoms with Crippen molar-refractivity contribution in [3.05, 3.63) is 54.0 Å². The predicted octanol–water partition coefficient (Wildman–Crippen LogP) is 3.09. The Morgan fingerprint density at radius 3 is 2.60 bits per heavy atom. The maximum absolute atomic E-state index is 9.32. The van der Waals surface area contributed by atoms with Crippen molar-refractivity contribution in [2.45, 2.75) is 25.7 Å².